The Balaban J connectivity index is 2.16. The molecular formula is C16H18ClNO. The van der Waals surface area contributed by atoms with E-state index in [1.807, 2.05) is 51.1 Å². The van der Waals surface area contributed by atoms with Gasteiger partial charge in [-0.2, -0.15) is 0 Å². The Labute approximate surface area is 119 Å². The molecule has 0 amide bonds. The van der Waals surface area contributed by atoms with Crippen molar-refractivity contribution in [3.8, 4) is 5.75 Å². The number of hydrogen-bond donors (Lipinski definition) is 1. The Morgan fingerprint density at radius 2 is 1.79 bits per heavy atom. The Morgan fingerprint density at radius 3 is 2.47 bits per heavy atom. The molecule has 0 heterocycles. The summed E-state index contributed by atoms with van der Waals surface area (Å²) in [5, 5.41) is 0.741. The maximum absolute atomic E-state index is 6.19. The molecule has 0 saturated heterocycles. The summed E-state index contributed by atoms with van der Waals surface area (Å²) in [5.74, 6) is 0.850. The highest BCUT2D eigenvalue weighted by atomic mass is 35.5. The van der Waals surface area contributed by atoms with Crippen LogP contribution in [0, 0.1) is 20.8 Å². The molecule has 0 fully saturated rings. The zero-order valence-corrected chi connectivity index (χ0v) is 12.2. The topological polar surface area (TPSA) is 35.2 Å². The average molecular weight is 276 g/mol. The standard InChI is InChI=1S/C16H18ClNO/c1-10-4-5-13(14(17)6-10)9-19-16-8-11(2)15(18)7-12(16)3/h4-8H,9,18H2,1-3H3. The molecule has 100 valence electrons. The fourth-order valence-corrected chi connectivity index (χ4v) is 2.18. The van der Waals surface area contributed by atoms with Crippen molar-refractivity contribution in [3.63, 3.8) is 0 Å². The van der Waals surface area contributed by atoms with Crippen molar-refractivity contribution in [3.05, 3.63) is 57.6 Å². The van der Waals surface area contributed by atoms with Gasteiger partial charge in [-0.15, -0.1) is 0 Å². The summed E-state index contributed by atoms with van der Waals surface area (Å²) in [6.07, 6.45) is 0. The van der Waals surface area contributed by atoms with Crippen molar-refractivity contribution in [1.82, 2.24) is 0 Å². The molecule has 19 heavy (non-hydrogen) atoms. The molecule has 2 N–H and O–H groups in total. The van der Waals surface area contributed by atoms with E-state index >= 15 is 0 Å². The predicted molar refractivity (Wildman–Crippen MR) is 80.8 cm³/mol. The summed E-state index contributed by atoms with van der Waals surface area (Å²) in [6.45, 7) is 6.44. The number of nitrogens with two attached hydrogens (primary N) is 1. The molecule has 0 aliphatic rings. The van der Waals surface area contributed by atoms with Gasteiger partial charge in [0.05, 0.1) is 0 Å². The quantitative estimate of drug-likeness (QED) is 0.841. The number of hydrogen-bond acceptors (Lipinski definition) is 2. The minimum absolute atomic E-state index is 0.462. The van der Waals surface area contributed by atoms with Gasteiger partial charge in [-0.25, -0.2) is 0 Å². The summed E-state index contributed by atoms with van der Waals surface area (Å²) < 4.78 is 5.84. The Bertz CT molecular complexity index is 608. The van der Waals surface area contributed by atoms with Crippen LogP contribution in [-0.4, -0.2) is 0 Å². The molecule has 0 aromatic heterocycles. The van der Waals surface area contributed by atoms with Crippen LogP contribution in [0.3, 0.4) is 0 Å². The second kappa shape index (κ2) is 5.54. The van der Waals surface area contributed by atoms with E-state index in [4.69, 9.17) is 22.1 Å². The first-order valence-electron chi connectivity index (χ1n) is 6.22. The molecule has 0 radical (unpaired) electrons. The van der Waals surface area contributed by atoms with Crippen LogP contribution in [0.15, 0.2) is 30.3 Å². The second-order valence-corrected chi connectivity index (χ2v) is 5.27. The van der Waals surface area contributed by atoms with Gasteiger partial charge in [0.25, 0.3) is 0 Å². The maximum atomic E-state index is 6.19. The molecule has 2 nitrogen and oxygen atoms in total. The SMILES string of the molecule is Cc1ccc(COc2cc(C)c(N)cc2C)c(Cl)c1. The largest absolute Gasteiger partial charge is 0.489 e. The average Bonchev–Trinajstić information content (AvgIpc) is 2.34. The molecule has 0 unspecified atom stereocenters. The molecule has 0 atom stereocenters. The maximum Gasteiger partial charge on any atom is 0.123 e. The summed E-state index contributed by atoms with van der Waals surface area (Å²) in [6, 6.07) is 9.87. The van der Waals surface area contributed by atoms with Gasteiger partial charge in [0.15, 0.2) is 0 Å². The Kier molecular flexibility index (Phi) is 4.01. The molecule has 0 saturated carbocycles. The summed E-state index contributed by atoms with van der Waals surface area (Å²) in [7, 11) is 0. The highest BCUT2D eigenvalue weighted by Crippen LogP contribution is 2.26. The van der Waals surface area contributed by atoms with Crippen molar-refractivity contribution in [2.75, 3.05) is 5.73 Å². The lowest BCUT2D eigenvalue weighted by molar-refractivity contribution is 0.304. The van der Waals surface area contributed by atoms with Crippen molar-refractivity contribution >= 4 is 17.3 Å². The minimum atomic E-state index is 0.462. The highest BCUT2D eigenvalue weighted by molar-refractivity contribution is 6.31. The zero-order chi connectivity index (χ0) is 14.0. The molecule has 0 aliphatic carbocycles. The van der Waals surface area contributed by atoms with E-state index in [0.29, 0.717) is 6.61 Å². The third-order valence-corrected chi connectivity index (χ3v) is 3.51. The van der Waals surface area contributed by atoms with Crippen molar-refractivity contribution in [1.29, 1.82) is 0 Å². The number of rotatable bonds is 3. The molecule has 0 aliphatic heterocycles. The monoisotopic (exact) mass is 275 g/mol. The van der Waals surface area contributed by atoms with E-state index in [-0.39, 0.29) is 0 Å². The first kappa shape index (κ1) is 13.8. The number of aryl methyl sites for hydroxylation is 3. The summed E-state index contributed by atoms with van der Waals surface area (Å²) in [4.78, 5) is 0. The van der Waals surface area contributed by atoms with Crippen LogP contribution < -0.4 is 10.5 Å². The van der Waals surface area contributed by atoms with Gasteiger partial charge >= 0.3 is 0 Å². The van der Waals surface area contributed by atoms with Crippen LogP contribution >= 0.6 is 11.6 Å². The van der Waals surface area contributed by atoms with Crippen LogP contribution in [-0.2, 0) is 6.61 Å². The minimum Gasteiger partial charge on any atom is -0.489 e. The fourth-order valence-electron chi connectivity index (χ4n) is 1.89. The molecular weight excluding hydrogens is 258 g/mol. The van der Waals surface area contributed by atoms with Crippen LogP contribution in [0.2, 0.25) is 5.02 Å². The van der Waals surface area contributed by atoms with Gasteiger partial charge in [-0.05, 0) is 55.7 Å². The van der Waals surface area contributed by atoms with E-state index < -0.39 is 0 Å². The second-order valence-electron chi connectivity index (χ2n) is 4.86. The molecule has 2 rings (SSSR count). The summed E-state index contributed by atoms with van der Waals surface area (Å²) in [5.41, 5.74) is 10.8. The van der Waals surface area contributed by atoms with Gasteiger partial charge in [-0.1, -0.05) is 23.7 Å². The van der Waals surface area contributed by atoms with E-state index in [2.05, 4.69) is 0 Å². The number of anilines is 1. The van der Waals surface area contributed by atoms with Crippen molar-refractivity contribution in [2.24, 2.45) is 0 Å². The zero-order valence-electron chi connectivity index (χ0n) is 11.5. The third-order valence-electron chi connectivity index (χ3n) is 3.16. The van der Waals surface area contributed by atoms with Gasteiger partial charge in [0.2, 0.25) is 0 Å². The Hall–Kier alpha value is -1.67. The third kappa shape index (κ3) is 3.21. The van der Waals surface area contributed by atoms with Gasteiger partial charge < -0.3 is 10.5 Å². The lowest BCUT2D eigenvalue weighted by atomic mass is 10.1. The number of halogens is 1. The van der Waals surface area contributed by atoms with Crippen LogP contribution in [0.1, 0.15) is 22.3 Å². The predicted octanol–water partition coefficient (Wildman–Crippen LogP) is 4.43. The van der Waals surface area contributed by atoms with E-state index in [0.717, 1.165) is 38.7 Å². The normalized spacial score (nSPS) is 10.5. The van der Waals surface area contributed by atoms with Crippen LogP contribution in [0.4, 0.5) is 5.69 Å². The molecule has 0 spiro atoms. The summed E-state index contributed by atoms with van der Waals surface area (Å²) >= 11 is 6.19. The van der Waals surface area contributed by atoms with Gasteiger partial charge in [-0.3, -0.25) is 0 Å². The van der Waals surface area contributed by atoms with Crippen molar-refractivity contribution < 1.29 is 4.74 Å². The van der Waals surface area contributed by atoms with Crippen LogP contribution in [0.5, 0.6) is 5.75 Å². The first-order valence-corrected chi connectivity index (χ1v) is 6.59. The number of nitrogen functional groups attached to an aromatic ring is 1. The van der Waals surface area contributed by atoms with Gasteiger partial charge in [0.1, 0.15) is 12.4 Å². The van der Waals surface area contributed by atoms with E-state index in [9.17, 15) is 0 Å². The molecule has 2 aromatic carbocycles. The Morgan fingerprint density at radius 1 is 1.05 bits per heavy atom. The first-order chi connectivity index (χ1) is 8.97. The molecule has 0 bridgehead atoms. The number of benzene rings is 2. The number of ether oxygens (including phenoxy) is 1. The lowest BCUT2D eigenvalue weighted by Crippen LogP contribution is -2.00. The fraction of sp³-hybridized carbons (Fsp3) is 0.250. The molecule has 3 heteroatoms. The highest BCUT2D eigenvalue weighted by Gasteiger charge is 2.06. The van der Waals surface area contributed by atoms with E-state index in [1.54, 1.807) is 0 Å². The molecule has 2 aromatic rings. The lowest BCUT2D eigenvalue weighted by Gasteiger charge is -2.12. The smallest absolute Gasteiger partial charge is 0.123 e. The van der Waals surface area contributed by atoms with Crippen LogP contribution in [0.25, 0.3) is 0 Å². The van der Waals surface area contributed by atoms with Crippen molar-refractivity contribution in [2.45, 2.75) is 27.4 Å². The van der Waals surface area contributed by atoms with Gasteiger partial charge in [0, 0.05) is 16.3 Å². The van der Waals surface area contributed by atoms with E-state index in [1.165, 1.54) is 0 Å².